The molecule has 2 rings (SSSR count). The van der Waals surface area contributed by atoms with Crippen LogP contribution < -0.4 is 0 Å². The molecule has 1 N–H and O–H groups in total. The Morgan fingerprint density at radius 1 is 1.53 bits per heavy atom. The second-order valence-corrected chi connectivity index (χ2v) is 4.73. The van der Waals surface area contributed by atoms with Crippen LogP contribution in [0.5, 0.6) is 0 Å². The molecule has 1 aliphatic heterocycles. The molecule has 2 nitrogen and oxygen atoms in total. The normalized spacial score (nSPS) is 27.1. The van der Waals surface area contributed by atoms with Gasteiger partial charge in [-0.25, -0.2) is 0 Å². The predicted octanol–water partition coefficient (Wildman–Crippen LogP) is 2.33. The molecular formula is C12H16ClNO. The largest absolute Gasteiger partial charge is 0.396 e. The van der Waals surface area contributed by atoms with Crippen molar-refractivity contribution in [1.82, 2.24) is 4.90 Å². The van der Waals surface area contributed by atoms with Gasteiger partial charge in [-0.3, -0.25) is 4.90 Å². The van der Waals surface area contributed by atoms with Crippen molar-refractivity contribution in [3.63, 3.8) is 0 Å². The zero-order valence-corrected chi connectivity index (χ0v) is 9.61. The molecule has 15 heavy (non-hydrogen) atoms. The molecule has 1 aromatic rings. The van der Waals surface area contributed by atoms with Crippen molar-refractivity contribution in [2.75, 3.05) is 20.2 Å². The summed E-state index contributed by atoms with van der Waals surface area (Å²) < 4.78 is 0. The van der Waals surface area contributed by atoms with E-state index in [-0.39, 0.29) is 6.61 Å². The number of halogens is 1. The van der Waals surface area contributed by atoms with Gasteiger partial charge in [-0.1, -0.05) is 23.7 Å². The van der Waals surface area contributed by atoms with Gasteiger partial charge in [-0.05, 0) is 37.1 Å². The lowest BCUT2D eigenvalue weighted by atomic mass is 10.0. The summed E-state index contributed by atoms with van der Waals surface area (Å²) in [6.07, 6.45) is 1.02. The fourth-order valence-corrected chi connectivity index (χ4v) is 2.54. The van der Waals surface area contributed by atoms with E-state index in [4.69, 9.17) is 16.7 Å². The van der Waals surface area contributed by atoms with E-state index in [1.807, 2.05) is 18.2 Å². The van der Waals surface area contributed by atoms with Crippen LogP contribution in [0.15, 0.2) is 24.3 Å². The number of rotatable bonds is 2. The van der Waals surface area contributed by atoms with Crippen LogP contribution in [0.2, 0.25) is 5.02 Å². The Labute approximate surface area is 95.5 Å². The zero-order chi connectivity index (χ0) is 10.8. The summed E-state index contributed by atoms with van der Waals surface area (Å²) in [6.45, 7) is 1.25. The van der Waals surface area contributed by atoms with Gasteiger partial charge >= 0.3 is 0 Å². The molecule has 82 valence electrons. The van der Waals surface area contributed by atoms with Gasteiger partial charge in [0.15, 0.2) is 0 Å². The number of likely N-dealkylation sites (tertiary alicyclic amines) is 1. The summed E-state index contributed by atoms with van der Waals surface area (Å²) in [4.78, 5) is 2.28. The summed E-state index contributed by atoms with van der Waals surface area (Å²) in [7, 11) is 2.10. The van der Waals surface area contributed by atoms with Gasteiger partial charge in [0.25, 0.3) is 0 Å². The number of hydrogen-bond donors (Lipinski definition) is 1. The zero-order valence-electron chi connectivity index (χ0n) is 8.86. The van der Waals surface area contributed by atoms with Crippen molar-refractivity contribution in [2.45, 2.75) is 12.5 Å². The molecule has 1 aliphatic rings. The van der Waals surface area contributed by atoms with Crippen LogP contribution in [0.3, 0.4) is 0 Å². The molecular weight excluding hydrogens is 210 g/mol. The summed E-state index contributed by atoms with van der Waals surface area (Å²) in [5.74, 6) is 0.402. The van der Waals surface area contributed by atoms with E-state index in [2.05, 4.69) is 18.0 Å². The highest BCUT2D eigenvalue weighted by Crippen LogP contribution is 2.34. The molecule has 2 atom stereocenters. The molecule has 1 saturated heterocycles. The Bertz CT molecular complexity index is 342. The molecule has 3 heteroatoms. The maximum atomic E-state index is 9.15. The van der Waals surface area contributed by atoms with Crippen molar-refractivity contribution in [2.24, 2.45) is 5.92 Å². The molecule has 1 aromatic carbocycles. The molecule has 0 radical (unpaired) electrons. The Hall–Kier alpha value is -0.570. The number of benzene rings is 1. The van der Waals surface area contributed by atoms with Gasteiger partial charge in [0.1, 0.15) is 0 Å². The Kier molecular flexibility index (Phi) is 3.29. The fourth-order valence-electron chi connectivity index (χ4n) is 2.34. The Morgan fingerprint density at radius 2 is 2.33 bits per heavy atom. The SMILES string of the molecule is CN1C[C@H](CO)C[C@H]1c1cccc(Cl)c1. The van der Waals surface area contributed by atoms with Crippen LogP contribution in [0, 0.1) is 5.92 Å². The average molecular weight is 226 g/mol. The maximum Gasteiger partial charge on any atom is 0.0472 e. The lowest BCUT2D eigenvalue weighted by Crippen LogP contribution is -2.18. The highest BCUT2D eigenvalue weighted by atomic mass is 35.5. The van der Waals surface area contributed by atoms with E-state index in [9.17, 15) is 0 Å². The minimum Gasteiger partial charge on any atom is -0.396 e. The van der Waals surface area contributed by atoms with Crippen molar-refractivity contribution < 1.29 is 5.11 Å². The topological polar surface area (TPSA) is 23.5 Å². The van der Waals surface area contributed by atoms with Crippen molar-refractivity contribution in [3.8, 4) is 0 Å². The molecule has 0 bridgehead atoms. The number of hydrogen-bond acceptors (Lipinski definition) is 2. The Morgan fingerprint density at radius 3 is 2.93 bits per heavy atom. The lowest BCUT2D eigenvalue weighted by Gasteiger charge is -2.19. The monoisotopic (exact) mass is 225 g/mol. The summed E-state index contributed by atoms with van der Waals surface area (Å²) in [5.41, 5.74) is 1.25. The average Bonchev–Trinajstić information content (AvgIpc) is 2.60. The molecule has 0 amide bonds. The van der Waals surface area contributed by atoms with Crippen LogP contribution >= 0.6 is 11.6 Å². The third kappa shape index (κ3) is 2.33. The first-order chi connectivity index (χ1) is 7.20. The fraction of sp³-hybridized carbons (Fsp3) is 0.500. The van der Waals surface area contributed by atoms with Crippen molar-refractivity contribution in [1.29, 1.82) is 0 Å². The van der Waals surface area contributed by atoms with Crippen LogP contribution in [-0.4, -0.2) is 30.2 Å². The Balaban J connectivity index is 2.17. The first kappa shape index (κ1) is 10.9. The second kappa shape index (κ2) is 4.52. The van der Waals surface area contributed by atoms with E-state index >= 15 is 0 Å². The maximum absolute atomic E-state index is 9.15. The van der Waals surface area contributed by atoms with Crippen molar-refractivity contribution in [3.05, 3.63) is 34.9 Å². The molecule has 0 aromatic heterocycles. The summed E-state index contributed by atoms with van der Waals surface area (Å²) in [5, 5.41) is 9.94. The minimum atomic E-state index is 0.279. The minimum absolute atomic E-state index is 0.279. The lowest BCUT2D eigenvalue weighted by molar-refractivity contribution is 0.227. The molecule has 1 fully saturated rings. The second-order valence-electron chi connectivity index (χ2n) is 4.29. The van der Waals surface area contributed by atoms with E-state index in [1.54, 1.807) is 0 Å². The van der Waals surface area contributed by atoms with Gasteiger partial charge in [-0.15, -0.1) is 0 Å². The van der Waals surface area contributed by atoms with Gasteiger partial charge in [0.2, 0.25) is 0 Å². The highest BCUT2D eigenvalue weighted by molar-refractivity contribution is 6.30. The summed E-state index contributed by atoms with van der Waals surface area (Å²) >= 11 is 5.97. The molecule has 0 unspecified atom stereocenters. The molecule has 0 aliphatic carbocycles. The van der Waals surface area contributed by atoms with E-state index in [1.165, 1.54) is 5.56 Å². The third-order valence-corrected chi connectivity index (χ3v) is 3.36. The highest BCUT2D eigenvalue weighted by Gasteiger charge is 2.29. The van der Waals surface area contributed by atoms with Gasteiger partial charge < -0.3 is 5.11 Å². The molecule has 0 saturated carbocycles. The standard InChI is InChI=1S/C12H16ClNO/c1-14-7-9(8-15)5-12(14)10-3-2-4-11(13)6-10/h2-4,6,9,12,15H,5,7-8H2,1H3/t9-,12+/m1/s1. The predicted molar refractivity (Wildman–Crippen MR) is 62.0 cm³/mol. The van der Waals surface area contributed by atoms with Gasteiger partial charge in [0.05, 0.1) is 0 Å². The molecule has 1 heterocycles. The third-order valence-electron chi connectivity index (χ3n) is 3.13. The van der Waals surface area contributed by atoms with Crippen LogP contribution in [0.4, 0.5) is 0 Å². The van der Waals surface area contributed by atoms with Gasteiger partial charge in [-0.2, -0.15) is 0 Å². The number of aliphatic hydroxyl groups excluding tert-OH is 1. The van der Waals surface area contributed by atoms with E-state index < -0.39 is 0 Å². The smallest absolute Gasteiger partial charge is 0.0472 e. The van der Waals surface area contributed by atoms with Gasteiger partial charge in [0, 0.05) is 24.2 Å². The quantitative estimate of drug-likeness (QED) is 0.835. The first-order valence-corrected chi connectivity index (χ1v) is 5.65. The number of nitrogens with zero attached hydrogens (tertiary/aromatic N) is 1. The van der Waals surface area contributed by atoms with E-state index in [0.29, 0.717) is 12.0 Å². The van der Waals surface area contributed by atoms with Crippen LogP contribution in [0.25, 0.3) is 0 Å². The number of aliphatic hydroxyl groups is 1. The first-order valence-electron chi connectivity index (χ1n) is 5.27. The summed E-state index contributed by atoms with van der Waals surface area (Å²) in [6, 6.07) is 8.40. The van der Waals surface area contributed by atoms with Crippen LogP contribution in [0.1, 0.15) is 18.0 Å². The molecule has 0 spiro atoms. The van der Waals surface area contributed by atoms with E-state index in [0.717, 1.165) is 18.0 Å². The van der Waals surface area contributed by atoms with Crippen molar-refractivity contribution >= 4 is 11.6 Å². The van der Waals surface area contributed by atoms with Crippen LogP contribution in [-0.2, 0) is 0 Å².